The number of nitrogens with zero attached hydrogens (tertiary/aromatic N) is 7. The molecule has 0 amide bonds. The SMILES string of the molecule is Cc1ccc(N2CCCN(c3cc(C)nc(-c4ccncc4)n3)CC2)nn1. The fraction of sp³-hybridized carbons (Fsp3) is 0.350. The van der Waals surface area contributed by atoms with Gasteiger partial charge in [0, 0.05) is 55.9 Å². The van der Waals surface area contributed by atoms with Gasteiger partial charge in [-0.05, 0) is 44.5 Å². The Labute approximate surface area is 159 Å². The van der Waals surface area contributed by atoms with Crippen LogP contribution in [-0.2, 0) is 0 Å². The Morgan fingerprint density at radius 3 is 2.19 bits per heavy atom. The summed E-state index contributed by atoms with van der Waals surface area (Å²) in [6.07, 6.45) is 4.59. The zero-order valence-electron chi connectivity index (χ0n) is 15.7. The molecule has 0 saturated carbocycles. The second-order valence-electron chi connectivity index (χ2n) is 6.79. The van der Waals surface area contributed by atoms with Gasteiger partial charge in [0.25, 0.3) is 0 Å². The van der Waals surface area contributed by atoms with E-state index in [2.05, 4.69) is 36.0 Å². The van der Waals surface area contributed by atoms with Crippen molar-refractivity contribution in [3.05, 3.63) is 54.1 Å². The predicted octanol–water partition coefficient (Wildman–Crippen LogP) is 2.66. The first-order chi connectivity index (χ1) is 13.2. The smallest absolute Gasteiger partial charge is 0.161 e. The molecule has 0 unspecified atom stereocenters. The molecule has 27 heavy (non-hydrogen) atoms. The van der Waals surface area contributed by atoms with E-state index in [4.69, 9.17) is 4.98 Å². The summed E-state index contributed by atoms with van der Waals surface area (Å²) in [5, 5.41) is 8.52. The first-order valence-electron chi connectivity index (χ1n) is 9.25. The minimum absolute atomic E-state index is 0.748. The van der Waals surface area contributed by atoms with Gasteiger partial charge in [0.2, 0.25) is 0 Å². The topological polar surface area (TPSA) is 70.9 Å². The molecule has 0 spiro atoms. The van der Waals surface area contributed by atoms with Gasteiger partial charge in [0.05, 0.1) is 5.69 Å². The van der Waals surface area contributed by atoms with Crippen molar-refractivity contribution >= 4 is 11.6 Å². The van der Waals surface area contributed by atoms with Crippen LogP contribution in [0.15, 0.2) is 42.7 Å². The zero-order valence-corrected chi connectivity index (χ0v) is 15.7. The molecule has 1 aliphatic rings. The highest BCUT2D eigenvalue weighted by Crippen LogP contribution is 2.21. The van der Waals surface area contributed by atoms with Crippen LogP contribution < -0.4 is 9.80 Å². The molecule has 4 rings (SSSR count). The van der Waals surface area contributed by atoms with Crippen molar-refractivity contribution in [3.8, 4) is 11.4 Å². The van der Waals surface area contributed by atoms with Gasteiger partial charge in [-0.3, -0.25) is 4.98 Å². The third kappa shape index (κ3) is 4.02. The summed E-state index contributed by atoms with van der Waals surface area (Å²) in [6, 6.07) is 10.0. The summed E-state index contributed by atoms with van der Waals surface area (Å²) in [5.74, 6) is 2.67. The summed E-state index contributed by atoms with van der Waals surface area (Å²) < 4.78 is 0. The molecule has 1 saturated heterocycles. The van der Waals surface area contributed by atoms with E-state index < -0.39 is 0 Å². The van der Waals surface area contributed by atoms with Crippen molar-refractivity contribution in [2.75, 3.05) is 36.0 Å². The van der Waals surface area contributed by atoms with Crippen LogP contribution in [0.4, 0.5) is 11.6 Å². The third-order valence-corrected chi connectivity index (χ3v) is 4.71. The predicted molar refractivity (Wildman–Crippen MR) is 106 cm³/mol. The number of aryl methyl sites for hydroxylation is 2. The molecular formula is C20H23N7. The van der Waals surface area contributed by atoms with Crippen LogP contribution in [0.5, 0.6) is 0 Å². The Hall–Kier alpha value is -3.09. The maximum Gasteiger partial charge on any atom is 0.161 e. The van der Waals surface area contributed by atoms with Gasteiger partial charge in [-0.1, -0.05) is 0 Å². The molecule has 1 fully saturated rings. The second kappa shape index (κ2) is 7.65. The Kier molecular flexibility index (Phi) is 4.91. The first kappa shape index (κ1) is 17.3. The molecule has 7 nitrogen and oxygen atoms in total. The summed E-state index contributed by atoms with van der Waals surface area (Å²) in [7, 11) is 0. The van der Waals surface area contributed by atoms with E-state index in [9.17, 15) is 0 Å². The van der Waals surface area contributed by atoms with Crippen molar-refractivity contribution in [2.45, 2.75) is 20.3 Å². The zero-order chi connectivity index (χ0) is 18.6. The van der Waals surface area contributed by atoms with E-state index in [0.717, 1.165) is 67.0 Å². The van der Waals surface area contributed by atoms with Gasteiger partial charge in [0.15, 0.2) is 11.6 Å². The number of anilines is 2. The number of pyridine rings is 1. The monoisotopic (exact) mass is 361 g/mol. The highest BCUT2D eigenvalue weighted by molar-refractivity contribution is 5.57. The highest BCUT2D eigenvalue weighted by Gasteiger charge is 2.18. The van der Waals surface area contributed by atoms with Gasteiger partial charge in [-0.15, -0.1) is 5.10 Å². The third-order valence-electron chi connectivity index (χ3n) is 4.71. The van der Waals surface area contributed by atoms with Gasteiger partial charge >= 0.3 is 0 Å². The van der Waals surface area contributed by atoms with Crippen LogP contribution >= 0.6 is 0 Å². The minimum Gasteiger partial charge on any atom is -0.355 e. The molecule has 0 bridgehead atoms. The van der Waals surface area contributed by atoms with Gasteiger partial charge in [-0.2, -0.15) is 5.10 Å². The standard InChI is InChI=1S/C20H23N7/c1-15-4-5-18(25-24-15)26-10-3-11-27(13-12-26)19-14-16(2)22-20(23-19)17-6-8-21-9-7-17/h4-9,14H,3,10-13H2,1-2H3. The normalized spacial score (nSPS) is 14.9. The Morgan fingerprint density at radius 1 is 0.741 bits per heavy atom. The second-order valence-corrected chi connectivity index (χ2v) is 6.79. The average Bonchev–Trinajstić information content (AvgIpc) is 2.95. The molecule has 3 aromatic heterocycles. The number of rotatable bonds is 3. The van der Waals surface area contributed by atoms with E-state index in [1.807, 2.05) is 38.1 Å². The average molecular weight is 361 g/mol. The van der Waals surface area contributed by atoms with Crippen LogP contribution in [0.2, 0.25) is 0 Å². The Balaban J connectivity index is 1.54. The van der Waals surface area contributed by atoms with E-state index in [1.165, 1.54) is 0 Å². The number of hydrogen-bond acceptors (Lipinski definition) is 7. The lowest BCUT2D eigenvalue weighted by Gasteiger charge is -2.23. The quantitative estimate of drug-likeness (QED) is 0.710. The molecule has 0 aromatic carbocycles. The number of aromatic nitrogens is 5. The van der Waals surface area contributed by atoms with Gasteiger partial charge in [0.1, 0.15) is 5.82 Å². The molecule has 0 atom stereocenters. The maximum absolute atomic E-state index is 4.82. The summed E-state index contributed by atoms with van der Waals surface area (Å²) >= 11 is 0. The van der Waals surface area contributed by atoms with Crippen LogP contribution in [0.25, 0.3) is 11.4 Å². The fourth-order valence-electron chi connectivity index (χ4n) is 3.28. The molecule has 4 heterocycles. The van der Waals surface area contributed by atoms with E-state index in [1.54, 1.807) is 12.4 Å². The van der Waals surface area contributed by atoms with Crippen molar-refractivity contribution < 1.29 is 0 Å². The Morgan fingerprint density at radius 2 is 1.48 bits per heavy atom. The van der Waals surface area contributed by atoms with Crippen molar-refractivity contribution in [1.82, 2.24) is 25.1 Å². The fourth-order valence-corrected chi connectivity index (χ4v) is 3.28. The van der Waals surface area contributed by atoms with Crippen LogP contribution in [0, 0.1) is 13.8 Å². The van der Waals surface area contributed by atoms with Crippen molar-refractivity contribution in [2.24, 2.45) is 0 Å². The molecule has 0 aliphatic carbocycles. The largest absolute Gasteiger partial charge is 0.355 e. The molecule has 0 N–H and O–H groups in total. The lowest BCUT2D eigenvalue weighted by molar-refractivity contribution is 0.782. The van der Waals surface area contributed by atoms with E-state index in [0.29, 0.717) is 0 Å². The van der Waals surface area contributed by atoms with E-state index >= 15 is 0 Å². The summed E-state index contributed by atoms with van der Waals surface area (Å²) in [5.41, 5.74) is 2.90. The molecule has 1 aliphatic heterocycles. The molecule has 0 radical (unpaired) electrons. The summed E-state index contributed by atoms with van der Waals surface area (Å²) in [6.45, 7) is 7.69. The lowest BCUT2D eigenvalue weighted by atomic mass is 10.2. The first-order valence-corrected chi connectivity index (χ1v) is 9.25. The lowest BCUT2D eigenvalue weighted by Crippen LogP contribution is -2.31. The molecule has 138 valence electrons. The molecule has 3 aromatic rings. The van der Waals surface area contributed by atoms with Gasteiger partial charge < -0.3 is 9.80 Å². The number of hydrogen-bond donors (Lipinski definition) is 0. The molecule has 7 heteroatoms. The van der Waals surface area contributed by atoms with Crippen molar-refractivity contribution in [1.29, 1.82) is 0 Å². The minimum atomic E-state index is 0.748. The van der Waals surface area contributed by atoms with E-state index in [-0.39, 0.29) is 0 Å². The van der Waals surface area contributed by atoms with Crippen LogP contribution in [0.3, 0.4) is 0 Å². The highest BCUT2D eigenvalue weighted by atomic mass is 15.3. The van der Waals surface area contributed by atoms with Crippen LogP contribution in [0.1, 0.15) is 17.8 Å². The summed E-state index contributed by atoms with van der Waals surface area (Å²) in [4.78, 5) is 18.1. The maximum atomic E-state index is 4.82. The Bertz CT molecular complexity index is 896. The van der Waals surface area contributed by atoms with Crippen LogP contribution in [-0.4, -0.2) is 51.3 Å². The van der Waals surface area contributed by atoms with Crippen molar-refractivity contribution in [3.63, 3.8) is 0 Å². The van der Waals surface area contributed by atoms with Gasteiger partial charge in [-0.25, -0.2) is 9.97 Å². The molecular weight excluding hydrogens is 338 g/mol.